The number of aryl methyl sites for hydroxylation is 1. The number of carbonyl (C=O) groups excluding carboxylic acids is 3. The molecule has 3 amide bonds. The summed E-state index contributed by atoms with van der Waals surface area (Å²) >= 11 is 1.44. The lowest BCUT2D eigenvalue weighted by atomic mass is 10.0. The monoisotopic (exact) mass is 599 g/mol. The van der Waals surface area contributed by atoms with Crippen LogP contribution in [0.3, 0.4) is 0 Å². The Morgan fingerprint density at radius 3 is 2.27 bits per heavy atom. The fourth-order valence-electron chi connectivity index (χ4n) is 4.73. The molecule has 0 spiro atoms. The van der Waals surface area contributed by atoms with Crippen LogP contribution in [0.2, 0.25) is 0 Å². The van der Waals surface area contributed by atoms with Crippen molar-refractivity contribution < 1.29 is 14.4 Å². The molecular formula is C37H33N3O3S. The first-order chi connectivity index (χ1) is 21.4. The van der Waals surface area contributed by atoms with E-state index < -0.39 is 5.91 Å². The number of hydrogen-bond donors (Lipinski definition) is 3. The number of hydrogen-bond acceptors (Lipinski definition) is 4. The zero-order valence-corrected chi connectivity index (χ0v) is 25.4. The molecule has 5 rings (SSSR count). The Balaban J connectivity index is 1.37. The maximum absolute atomic E-state index is 13.7. The first-order valence-corrected chi connectivity index (χ1v) is 15.3. The highest BCUT2D eigenvalue weighted by atomic mass is 32.2. The molecule has 220 valence electrons. The van der Waals surface area contributed by atoms with Crippen molar-refractivity contribution in [1.82, 2.24) is 5.32 Å². The van der Waals surface area contributed by atoms with E-state index in [2.05, 4.69) is 16.0 Å². The van der Waals surface area contributed by atoms with Crippen LogP contribution < -0.4 is 16.0 Å². The number of nitrogens with one attached hydrogen (secondary N) is 3. The van der Waals surface area contributed by atoms with Crippen molar-refractivity contribution in [1.29, 1.82) is 0 Å². The smallest absolute Gasteiger partial charge is 0.272 e. The van der Waals surface area contributed by atoms with Gasteiger partial charge in [0, 0.05) is 21.8 Å². The van der Waals surface area contributed by atoms with Gasteiger partial charge in [-0.25, -0.2) is 0 Å². The largest absolute Gasteiger partial charge is 0.325 e. The second-order valence-corrected chi connectivity index (χ2v) is 11.5. The van der Waals surface area contributed by atoms with Crippen molar-refractivity contribution in [3.05, 3.63) is 144 Å². The van der Waals surface area contributed by atoms with Crippen molar-refractivity contribution in [3.8, 4) is 0 Å². The van der Waals surface area contributed by atoms with Gasteiger partial charge in [-0.1, -0.05) is 91.9 Å². The van der Waals surface area contributed by atoms with Crippen molar-refractivity contribution in [2.24, 2.45) is 0 Å². The highest BCUT2D eigenvalue weighted by molar-refractivity contribution is 8.00. The van der Waals surface area contributed by atoms with Gasteiger partial charge in [-0.3, -0.25) is 14.4 Å². The number of para-hydroxylation sites is 1. The third-order valence-corrected chi connectivity index (χ3v) is 8.45. The first kappa shape index (κ1) is 30.3. The van der Waals surface area contributed by atoms with Crippen molar-refractivity contribution >= 4 is 57.7 Å². The minimum absolute atomic E-state index is 0.0785. The number of carbonyl (C=O) groups is 3. The van der Waals surface area contributed by atoms with Crippen molar-refractivity contribution in [3.63, 3.8) is 0 Å². The summed E-state index contributed by atoms with van der Waals surface area (Å²) in [5, 5.41) is 10.4. The van der Waals surface area contributed by atoms with Gasteiger partial charge in [0.05, 0.1) is 5.25 Å². The fraction of sp³-hybridized carbons (Fsp3) is 0.108. The molecule has 0 aliphatic rings. The van der Waals surface area contributed by atoms with Gasteiger partial charge < -0.3 is 16.0 Å². The summed E-state index contributed by atoms with van der Waals surface area (Å²) in [6.45, 7) is 3.93. The van der Waals surface area contributed by atoms with Crippen LogP contribution in [0.25, 0.3) is 16.8 Å². The summed E-state index contributed by atoms with van der Waals surface area (Å²) in [5.41, 5.74) is 3.69. The van der Waals surface area contributed by atoms with Crippen LogP contribution in [-0.2, 0) is 9.59 Å². The maximum Gasteiger partial charge on any atom is 0.272 e. The second-order valence-electron chi connectivity index (χ2n) is 10.2. The molecule has 6 nitrogen and oxygen atoms in total. The Morgan fingerprint density at radius 1 is 0.773 bits per heavy atom. The minimum Gasteiger partial charge on any atom is -0.325 e. The Labute approximate surface area is 261 Å². The molecule has 0 aliphatic heterocycles. The molecule has 44 heavy (non-hydrogen) atoms. The maximum atomic E-state index is 13.7. The van der Waals surface area contributed by atoms with E-state index in [0.717, 1.165) is 32.5 Å². The Bertz CT molecular complexity index is 1830. The van der Waals surface area contributed by atoms with E-state index in [9.17, 15) is 14.4 Å². The van der Waals surface area contributed by atoms with E-state index in [0.29, 0.717) is 17.7 Å². The van der Waals surface area contributed by atoms with Crippen LogP contribution in [0, 0.1) is 6.92 Å². The highest BCUT2D eigenvalue weighted by Crippen LogP contribution is 2.29. The predicted molar refractivity (Wildman–Crippen MR) is 181 cm³/mol. The third kappa shape index (κ3) is 7.62. The molecule has 5 aromatic rings. The predicted octanol–water partition coefficient (Wildman–Crippen LogP) is 8.07. The summed E-state index contributed by atoms with van der Waals surface area (Å²) in [6, 6.07) is 37.5. The number of fused-ring (bicyclic) bond motifs is 1. The zero-order valence-electron chi connectivity index (χ0n) is 24.5. The molecule has 1 atom stereocenters. The summed E-state index contributed by atoms with van der Waals surface area (Å²) in [6.07, 6.45) is 2.32. The Hall–Kier alpha value is -5.14. The minimum atomic E-state index is -0.464. The summed E-state index contributed by atoms with van der Waals surface area (Å²) in [7, 11) is 0. The van der Waals surface area contributed by atoms with E-state index in [-0.39, 0.29) is 22.8 Å². The lowest BCUT2D eigenvalue weighted by Crippen LogP contribution is -2.30. The zero-order chi connectivity index (χ0) is 30.9. The molecule has 0 saturated heterocycles. The molecule has 3 N–H and O–H groups in total. The number of amides is 3. The number of rotatable bonds is 10. The summed E-state index contributed by atoms with van der Waals surface area (Å²) in [4.78, 5) is 40.7. The quantitative estimate of drug-likeness (QED) is 0.112. The van der Waals surface area contributed by atoms with Gasteiger partial charge in [-0.2, -0.15) is 0 Å². The lowest BCUT2D eigenvalue weighted by molar-refractivity contribution is -0.116. The molecule has 0 aliphatic carbocycles. The van der Waals surface area contributed by atoms with Crippen LogP contribution >= 0.6 is 11.8 Å². The van der Waals surface area contributed by atoms with Crippen LogP contribution in [0.15, 0.2) is 132 Å². The van der Waals surface area contributed by atoms with Gasteiger partial charge in [-0.05, 0) is 77.7 Å². The van der Waals surface area contributed by atoms with E-state index >= 15 is 0 Å². The number of benzene rings is 5. The van der Waals surface area contributed by atoms with Gasteiger partial charge in [-0.15, -0.1) is 11.8 Å². The van der Waals surface area contributed by atoms with Crippen LogP contribution in [0.5, 0.6) is 0 Å². The van der Waals surface area contributed by atoms with Gasteiger partial charge >= 0.3 is 0 Å². The molecule has 0 saturated carbocycles. The molecule has 0 bridgehead atoms. The number of thioether (sulfide) groups is 1. The molecule has 7 heteroatoms. The van der Waals surface area contributed by atoms with E-state index in [1.165, 1.54) is 11.8 Å². The van der Waals surface area contributed by atoms with Gasteiger partial charge in [0.2, 0.25) is 5.91 Å². The topological polar surface area (TPSA) is 87.3 Å². The highest BCUT2D eigenvalue weighted by Gasteiger charge is 2.20. The molecule has 0 aromatic heterocycles. The molecule has 5 aromatic carbocycles. The lowest BCUT2D eigenvalue weighted by Gasteiger charge is -2.17. The van der Waals surface area contributed by atoms with E-state index in [4.69, 9.17) is 0 Å². The fourth-order valence-corrected chi connectivity index (χ4v) is 5.75. The van der Waals surface area contributed by atoms with Crippen molar-refractivity contribution in [2.45, 2.75) is 30.4 Å². The Kier molecular flexibility index (Phi) is 9.89. The third-order valence-electron chi connectivity index (χ3n) is 7.09. The van der Waals surface area contributed by atoms with Crippen molar-refractivity contribution in [2.75, 3.05) is 10.6 Å². The normalized spacial score (nSPS) is 11.9. The molecule has 1 unspecified atom stereocenters. The average molecular weight is 600 g/mol. The Morgan fingerprint density at radius 2 is 1.48 bits per heavy atom. The van der Waals surface area contributed by atoms with Gasteiger partial charge in [0.15, 0.2) is 0 Å². The molecular weight excluding hydrogens is 566 g/mol. The van der Waals surface area contributed by atoms with E-state index in [1.807, 2.05) is 105 Å². The van der Waals surface area contributed by atoms with Gasteiger partial charge in [0.1, 0.15) is 5.70 Å². The van der Waals surface area contributed by atoms with Crippen LogP contribution in [-0.4, -0.2) is 23.0 Å². The summed E-state index contributed by atoms with van der Waals surface area (Å²) in [5.74, 6) is -0.930. The average Bonchev–Trinajstić information content (AvgIpc) is 3.05. The standard InChI is InChI=1S/C37H33N3O3S/c1-3-34(37(43)39-32-22-10-7-13-25(32)2)44-30-20-12-19-29(24-30)38-36(42)33(40-35(41)27-15-5-4-6-16-27)23-28-18-11-17-26-14-8-9-21-31(26)28/h4-24,34H,3H2,1-2H3,(H,38,42)(H,39,43)(H,40,41)/b33-23+. The first-order valence-electron chi connectivity index (χ1n) is 14.4. The number of anilines is 2. The van der Waals surface area contributed by atoms with E-state index in [1.54, 1.807) is 36.4 Å². The van der Waals surface area contributed by atoms with Crippen LogP contribution in [0.4, 0.5) is 11.4 Å². The molecule has 0 heterocycles. The molecule has 0 radical (unpaired) electrons. The van der Waals surface area contributed by atoms with Crippen LogP contribution in [0.1, 0.15) is 34.8 Å². The van der Waals surface area contributed by atoms with Gasteiger partial charge in [0.25, 0.3) is 11.8 Å². The second kappa shape index (κ2) is 14.4. The molecule has 0 fully saturated rings. The SMILES string of the molecule is CCC(Sc1cccc(NC(=O)/C(=C\c2cccc3ccccc23)NC(=O)c2ccccc2)c1)C(=O)Nc1ccccc1C. The summed E-state index contributed by atoms with van der Waals surface area (Å²) < 4.78 is 0.